The Hall–Kier alpha value is -1.30. The number of hydrogen-bond donors (Lipinski definition) is 1. The zero-order chi connectivity index (χ0) is 14.5. The van der Waals surface area contributed by atoms with E-state index in [0.717, 1.165) is 12.2 Å². The van der Waals surface area contributed by atoms with Crippen LogP contribution in [0.2, 0.25) is 5.02 Å². The van der Waals surface area contributed by atoms with Crippen molar-refractivity contribution in [3.05, 3.63) is 29.3 Å². The topological polar surface area (TPSA) is 64.8 Å². The maximum absolute atomic E-state index is 12.0. The van der Waals surface area contributed by atoms with Crippen LogP contribution in [0.4, 0.5) is 0 Å². The molecule has 0 spiro atoms. The van der Waals surface area contributed by atoms with Crippen LogP contribution in [-0.4, -0.2) is 49.8 Å². The maximum atomic E-state index is 12.0. The molecule has 1 aliphatic rings. The first kappa shape index (κ1) is 15.1. The molecular weight excluding hydrogens is 280 g/mol. The Bertz CT molecular complexity index is 469. The van der Waals surface area contributed by atoms with E-state index in [1.54, 1.807) is 17.0 Å². The Morgan fingerprint density at radius 1 is 1.60 bits per heavy atom. The third kappa shape index (κ3) is 3.85. The van der Waals surface area contributed by atoms with Crippen LogP contribution >= 0.6 is 11.6 Å². The van der Waals surface area contributed by atoms with Crippen molar-refractivity contribution in [2.75, 3.05) is 26.8 Å². The minimum atomic E-state index is -0.607. The van der Waals surface area contributed by atoms with Crippen LogP contribution in [-0.2, 0) is 9.53 Å². The molecule has 1 saturated heterocycles. The number of rotatable bonds is 5. The highest BCUT2D eigenvalue weighted by atomic mass is 35.5. The molecule has 110 valence electrons. The molecule has 0 bridgehead atoms. The van der Waals surface area contributed by atoms with E-state index in [2.05, 4.69) is 0 Å². The molecule has 1 aromatic carbocycles. The van der Waals surface area contributed by atoms with Gasteiger partial charge in [0.25, 0.3) is 0 Å². The number of hydrogen-bond acceptors (Lipinski definition) is 4. The molecule has 1 amide bonds. The molecule has 1 aliphatic heterocycles. The Balaban J connectivity index is 1.87. The van der Waals surface area contributed by atoms with Gasteiger partial charge in [0.05, 0.1) is 13.2 Å². The zero-order valence-corrected chi connectivity index (χ0v) is 12.2. The van der Waals surface area contributed by atoms with Crippen molar-refractivity contribution in [2.24, 2.45) is 5.73 Å². The van der Waals surface area contributed by atoms with E-state index in [-0.39, 0.29) is 18.6 Å². The van der Waals surface area contributed by atoms with Gasteiger partial charge < -0.3 is 20.1 Å². The zero-order valence-electron chi connectivity index (χ0n) is 11.4. The van der Waals surface area contributed by atoms with Crippen LogP contribution in [0.25, 0.3) is 0 Å². The van der Waals surface area contributed by atoms with Gasteiger partial charge in [0.2, 0.25) is 5.91 Å². The minimum absolute atomic E-state index is 0.0211. The Kier molecular flexibility index (Phi) is 5.23. The van der Waals surface area contributed by atoms with Gasteiger partial charge in [-0.2, -0.15) is 0 Å². The van der Waals surface area contributed by atoms with Crippen LogP contribution in [0.5, 0.6) is 5.75 Å². The van der Waals surface area contributed by atoms with Crippen LogP contribution in [0.1, 0.15) is 6.42 Å². The van der Waals surface area contributed by atoms with E-state index in [1.807, 2.05) is 12.1 Å². The van der Waals surface area contributed by atoms with Gasteiger partial charge in [-0.1, -0.05) is 17.7 Å². The monoisotopic (exact) mass is 298 g/mol. The predicted molar refractivity (Wildman–Crippen MR) is 76.9 cm³/mol. The normalized spacial score (nSPS) is 19.9. The summed E-state index contributed by atoms with van der Waals surface area (Å²) in [5.74, 6) is 0.627. The summed E-state index contributed by atoms with van der Waals surface area (Å²) >= 11 is 5.91. The van der Waals surface area contributed by atoms with Crippen molar-refractivity contribution in [2.45, 2.75) is 18.6 Å². The van der Waals surface area contributed by atoms with Gasteiger partial charge >= 0.3 is 0 Å². The molecule has 5 nitrogen and oxygen atoms in total. The molecule has 1 fully saturated rings. The highest BCUT2D eigenvalue weighted by Gasteiger charge is 2.30. The van der Waals surface area contributed by atoms with Crippen LogP contribution < -0.4 is 10.5 Å². The van der Waals surface area contributed by atoms with E-state index in [1.165, 1.54) is 7.11 Å². The van der Waals surface area contributed by atoms with Crippen molar-refractivity contribution >= 4 is 17.5 Å². The number of benzene rings is 1. The maximum Gasteiger partial charge on any atom is 0.242 e. The lowest BCUT2D eigenvalue weighted by atomic mass is 10.3. The SMILES string of the molecule is COCC(N)C(=O)N1CCC(Oc2cccc(Cl)c2)C1. The molecule has 1 heterocycles. The van der Waals surface area contributed by atoms with Gasteiger partial charge in [0.15, 0.2) is 0 Å². The summed E-state index contributed by atoms with van der Waals surface area (Å²) in [5.41, 5.74) is 5.75. The quantitative estimate of drug-likeness (QED) is 0.890. The number of halogens is 1. The first-order valence-electron chi connectivity index (χ1n) is 6.55. The average molecular weight is 299 g/mol. The lowest BCUT2D eigenvalue weighted by Gasteiger charge is -2.20. The standard InChI is InChI=1S/C14H19ClN2O3/c1-19-9-13(16)14(18)17-6-5-12(8-17)20-11-4-2-3-10(15)7-11/h2-4,7,12-13H,5-6,8-9,16H2,1H3. The van der Waals surface area contributed by atoms with Gasteiger partial charge in [-0.25, -0.2) is 0 Å². The number of methoxy groups -OCH3 is 1. The number of likely N-dealkylation sites (tertiary alicyclic amines) is 1. The second-order valence-corrected chi connectivity index (χ2v) is 5.27. The fourth-order valence-corrected chi connectivity index (χ4v) is 2.42. The molecule has 2 N–H and O–H groups in total. The predicted octanol–water partition coefficient (Wildman–Crippen LogP) is 1.29. The van der Waals surface area contributed by atoms with Crippen molar-refractivity contribution < 1.29 is 14.3 Å². The molecule has 0 radical (unpaired) electrons. The number of nitrogens with two attached hydrogens (primary N) is 1. The second-order valence-electron chi connectivity index (χ2n) is 4.83. The number of carbonyl (C=O) groups excluding carboxylic acids is 1. The van der Waals surface area contributed by atoms with Crippen molar-refractivity contribution in [1.82, 2.24) is 4.90 Å². The van der Waals surface area contributed by atoms with Crippen LogP contribution in [0, 0.1) is 0 Å². The van der Waals surface area contributed by atoms with Gasteiger partial charge in [-0.3, -0.25) is 4.79 Å². The molecule has 2 rings (SSSR count). The average Bonchev–Trinajstić information content (AvgIpc) is 2.86. The molecule has 20 heavy (non-hydrogen) atoms. The highest BCUT2D eigenvalue weighted by Crippen LogP contribution is 2.21. The summed E-state index contributed by atoms with van der Waals surface area (Å²) in [4.78, 5) is 13.8. The number of nitrogens with zero attached hydrogens (tertiary/aromatic N) is 1. The Morgan fingerprint density at radius 3 is 3.10 bits per heavy atom. The van der Waals surface area contributed by atoms with Crippen molar-refractivity contribution in [3.8, 4) is 5.75 Å². The van der Waals surface area contributed by atoms with Crippen LogP contribution in [0.15, 0.2) is 24.3 Å². The first-order chi connectivity index (χ1) is 9.60. The van der Waals surface area contributed by atoms with Gasteiger partial charge in [-0.05, 0) is 18.2 Å². The van der Waals surface area contributed by atoms with Crippen molar-refractivity contribution in [1.29, 1.82) is 0 Å². The molecule has 0 aliphatic carbocycles. The fourth-order valence-electron chi connectivity index (χ4n) is 2.24. The lowest BCUT2D eigenvalue weighted by molar-refractivity contribution is -0.132. The minimum Gasteiger partial charge on any atom is -0.488 e. The third-order valence-corrected chi connectivity index (χ3v) is 3.45. The molecule has 6 heteroatoms. The summed E-state index contributed by atoms with van der Waals surface area (Å²) in [7, 11) is 1.53. The lowest BCUT2D eigenvalue weighted by Crippen LogP contribution is -2.45. The number of amides is 1. The Labute approximate surface area is 123 Å². The summed E-state index contributed by atoms with van der Waals surface area (Å²) in [5, 5.41) is 0.635. The van der Waals surface area contributed by atoms with Gasteiger partial charge in [-0.15, -0.1) is 0 Å². The smallest absolute Gasteiger partial charge is 0.242 e. The number of carbonyl (C=O) groups is 1. The van der Waals surface area contributed by atoms with E-state index in [9.17, 15) is 4.79 Å². The molecule has 0 aromatic heterocycles. The van der Waals surface area contributed by atoms with E-state index >= 15 is 0 Å². The summed E-state index contributed by atoms with van der Waals surface area (Å²) in [6.45, 7) is 1.43. The summed E-state index contributed by atoms with van der Waals surface area (Å²) in [6, 6.07) is 6.65. The van der Waals surface area contributed by atoms with E-state index < -0.39 is 6.04 Å². The largest absolute Gasteiger partial charge is 0.488 e. The summed E-state index contributed by atoms with van der Waals surface area (Å²) < 4.78 is 10.7. The van der Waals surface area contributed by atoms with E-state index in [4.69, 9.17) is 26.8 Å². The molecule has 2 atom stereocenters. The second kappa shape index (κ2) is 6.92. The molecule has 2 unspecified atom stereocenters. The van der Waals surface area contributed by atoms with Gasteiger partial charge in [0.1, 0.15) is 17.9 Å². The summed E-state index contributed by atoms with van der Waals surface area (Å²) in [6.07, 6.45) is 0.768. The Morgan fingerprint density at radius 2 is 2.40 bits per heavy atom. The third-order valence-electron chi connectivity index (χ3n) is 3.22. The van der Waals surface area contributed by atoms with Crippen LogP contribution in [0.3, 0.4) is 0 Å². The van der Waals surface area contributed by atoms with Gasteiger partial charge in [0, 0.05) is 25.1 Å². The fraction of sp³-hybridized carbons (Fsp3) is 0.500. The molecular formula is C14H19ClN2O3. The molecule has 1 aromatic rings. The highest BCUT2D eigenvalue weighted by molar-refractivity contribution is 6.30. The number of ether oxygens (including phenoxy) is 2. The first-order valence-corrected chi connectivity index (χ1v) is 6.93. The molecule has 0 saturated carbocycles. The van der Waals surface area contributed by atoms with E-state index in [0.29, 0.717) is 18.1 Å². The van der Waals surface area contributed by atoms with Crippen molar-refractivity contribution in [3.63, 3.8) is 0 Å².